The maximum absolute atomic E-state index is 11.8. The summed E-state index contributed by atoms with van der Waals surface area (Å²) in [5, 5.41) is 8.50. The van der Waals surface area contributed by atoms with Crippen molar-refractivity contribution in [3.8, 4) is 0 Å². The Kier molecular flexibility index (Phi) is 10.5. The highest BCUT2D eigenvalue weighted by atomic mass is 127. The molecular weight excluding hydrogens is 477 g/mol. The first kappa shape index (κ1) is 23.5. The Hall–Kier alpha value is -1.55. The Balaban J connectivity index is 0.00000364. The summed E-state index contributed by atoms with van der Waals surface area (Å²) in [7, 11) is 0. The van der Waals surface area contributed by atoms with Crippen molar-refractivity contribution in [2.45, 2.75) is 45.8 Å². The molecule has 0 aliphatic rings. The molecule has 0 aliphatic carbocycles. The van der Waals surface area contributed by atoms with Gasteiger partial charge in [-0.1, -0.05) is 6.07 Å². The maximum atomic E-state index is 11.8. The van der Waals surface area contributed by atoms with Crippen LogP contribution in [0.1, 0.15) is 37.8 Å². The van der Waals surface area contributed by atoms with E-state index in [-0.39, 0.29) is 36.4 Å². The third-order valence-electron chi connectivity index (χ3n) is 3.26. The van der Waals surface area contributed by atoms with E-state index in [0.717, 1.165) is 12.2 Å². The highest BCUT2D eigenvalue weighted by molar-refractivity contribution is 14.0. The molecule has 0 saturated carbocycles. The topological polar surface area (TPSA) is 75.9 Å². The van der Waals surface area contributed by atoms with Crippen LogP contribution in [0.2, 0.25) is 0 Å². The summed E-state index contributed by atoms with van der Waals surface area (Å²) >= 11 is 1.67. The fraction of sp³-hybridized carbons (Fsp3) is 0.474. The zero-order valence-electron chi connectivity index (χ0n) is 16.0. The molecule has 2 aromatic heterocycles. The number of nitrogens with one attached hydrogen (secondary N) is 2. The summed E-state index contributed by atoms with van der Waals surface area (Å²) < 4.78 is 10.7. The lowest BCUT2D eigenvalue weighted by molar-refractivity contribution is -0.154. The average Bonchev–Trinajstić information content (AvgIpc) is 3.24. The van der Waals surface area contributed by atoms with Gasteiger partial charge in [-0.2, -0.15) is 0 Å². The van der Waals surface area contributed by atoms with Gasteiger partial charge in [-0.15, -0.1) is 35.3 Å². The normalized spacial score (nSPS) is 11.6. The van der Waals surface area contributed by atoms with E-state index < -0.39 is 5.60 Å². The molecule has 0 atom stereocenters. The number of esters is 1. The van der Waals surface area contributed by atoms with Gasteiger partial charge < -0.3 is 19.8 Å². The first-order chi connectivity index (χ1) is 12.4. The second-order valence-corrected chi connectivity index (χ2v) is 7.80. The van der Waals surface area contributed by atoms with Gasteiger partial charge in [0.25, 0.3) is 0 Å². The molecule has 0 aliphatic heterocycles. The molecule has 0 saturated heterocycles. The number of rotatable bonds is 8. The smallest absolute Gasteiger partial charge is 0.308 e. The lowest BCUT2D eigenvalue weighted by atomic mass is 10.2. The van der Waals surface area contributed by atoms with Gasteiger partial charge in [0.2, 0.25) is 0 Å². The molecule has 150 valence electrons. The van der Waals surface area contributed by atoms with Crippen LogP contribution in [0.3, 0.4) is 0 Å². The summed E-state index contributed by atoms with van der Waals surface area (Å²) in [6, 6.07) is 7.88. The molecule has 6 nitrogen and oxygen atoms in total. The van der Waals surface area contributed by atoms with Crippen LogP contribution in [-0.4, -0.2) is 30.6 Å². The minimum Gasteiger partial charge on any atom is -0.469 e. The fourth-order valence-electron chi connectivity index (χ4n) is 2.17. The van der Waals surface area contributed by atoms with E-state index in [0.29, 0.717) is 25.6 Å². The standard InChI is InChI=1S/C19H27N3O3S.HI/c1-19(2,3)25-17(23)9-11-21-18(22-14-16-7-5-13-26-16)20-10-8-15-6-4-12-24-15;/h4-7,12-13H,8-11,14H2,1-3H3,(H2,20,21,22);1H. The molecule has 2 heterocycles. The predicted octanol–water partition coefficient (Wildman–Crippen LogP) is 3.97. The van der Waals surface area contributed by atoms with E-state index in [4.69, 9.17) is 9.15 Å². The molecular formula is C19H28IN3O3S. The maximum Gasteiger partial charge on any atom is 0.308 e. The van der Waals surface area contributed by atoms with Crippen molar-refractivity contribution >= 4 is 47.2 Å². The SMILES string of the molecule is CC(C)(C)OC(=O)CCNC(=NCc1cccs1)NCCc1ccco1.I. The molecule has 2 aromatic rings. The number of nitrogens with zero attached hydrogens (tertiary/aromatic N) is 1. The molecule has 0 unspecified atom stereocenters. The number of ether oxygens (including phenoxy) is 1. The first-order valence-corrected chi connectivity index (χ1v) is 9.59. The summed E-state index contributed by atoms with van der Waals surface area (Å²) in [6.45, 7) is 7.34. The van der Waals surface area contributed by atoms with Gasteiger partial charge in [0.15, 0.2) is 5.96 Å². The van der Waals surface area contributed by atoms with E-state index >= 15 is 0 Å². The van der Waals surface area contributed by atoms with Crippen molar-refractivity contribution in [3.05, 3.63) is 46.5 Å². The van der Waals surface area contributed by atoms with E-state index in [1.807, 2.05) is 44.4 Å². The Bertz CT molecular complexity index is 680. The summed E-state index contributed by atoms with van der Waals surface area (Å²) in [6.07, 6.45) is 2.72. The molecule has 0 spiro atoms. The van der Waals surface area contributed by atoms with Crippen molar-refractivity contribution in [1.29, 1.82) is 0 Å². The summed E-state index contributed by atoms with van der Waals surface area (Å²) in [4.78, 5) is 17.6. The van der Waals surface area contributed by atoms with Gasteiger partial charge in [-0.3, -0.25) is 4.79 Å². The first-order valence-electron chi connectivity index (χ1n) is 8.71. The lowest BCUT2D eigenvalue weighted by Gasteiger charge is -2.19. The van der Waals surface area contributed by atoms with Crippen LogP contribution < -0.4 is 10.6 Å². The van der Waals surface area contributed by atoms with Crippen LogP contribution in [-0.2, 0) is 22.5 Å². The highest BCUT2D eigenvalue weighted by Crippen LogP contribution is 2.09. The van der Waals surface area contributed by atoms with Gasteiger partial charge in [0.05, 0.1) is 19.2 Å². The van der Waals surface area contributed by atoms with Crippen LogP contribution >= 0.6 is 35.3 Å². The second-order valence-electron chi connectivity index (χ2n) is 6.76. The monoisotopic (exact) mass is 505 g/mol. The van der Waals surface area contributed by atoms with Gasteiger partial charge in [-0.05, 0) is 44.4 Å². The van der Waals surface area contributed by atoms with E-state index in [1.54, 1.807) is 17.6 Å². The van der Waals surface area contributed by atoms with Gasteiger partial charge >= 0.3 is 5.97 Å². The fourth-order valence-corrected chi connectivity index (χ4v) is 2.80. The molecule has 0 aromatic carbocycles. The Morgan fingerprint density at radius 3 is 2.63 bits per heavy atom. The number of guanidine groups is 1. The number of carbonyl (C=O) groups is 1. The van der Waals surface area contributed by atoms with Gasteiger partial charge in [-0.25, -0.2) is 4.99 Å². The van der Waals surface area contributed by atoms with Crippen molar-refractivity contribution < 1.29 is 13.9 Å². The molecule has 27 heavy (non-hydrogen) atoms. The van der Waals surface area contributed by atoms with E-state index in [1.165, 1.54) is 4.88 Å². The minimum atomic E-state index is -0.464. The predicted molar refractivity (Wildman–Crippen MR) is 120 cm³/mol. The van der Waals surface area contributed by atoms with Gasteiger partial charge in [0, 0.05) is 24.4 Å². The van der Waals surface area contributed by atoms with Gasteiger partial charge in [0.1, 0.15) is 11.4 Å². The largest absolute Gasteiger partial charge is 0.469 e. The Morgan fingerprint density at radius 1 is 1.22 bits per heavy atom. The van der Waals surface area contributed by atoms with Crippen molar-refractivity contribution in [3.63, 3.8) is 0 Å². The van der Waals surface area contributed by atoms with Crippen LogP contribution in [0, 0.1) is 0 Å². The third-order valence-corrected chi connectivity index (χ3v) is 4.12. The number of furan rings is 1. The number of carbonyl (C=O) groups excluding carboxylic acids is 1. The summed E-state index contributed by atoms with van der Waals surface area (Å²) in [5.41, 5.74) is -0.464. The minimum absolute atomic E-state index is 0. The zero-order valence-corrected chi connectivity index (χ0v) is 19.1. The number of aliphatic imine (C=N–C) groups is 1. The molecule has 0 amide bonds. The molecule has 2 rings (SSSR count). The molecule has 0 fully saturated rings. The van der Waals surface area contributed by atoms with Crippen LogP contribution in [0.25, 0.3) is 0 Å². The molecule has 2 N–H and O–H groups in total. The average molecular weight is 505 g/mol. The second kappa shape index (κ2) is 12.0. The van der Waals surface area contributed by atoms with E-state index in [2.05, 4.69) is 21.7 Å². The van der Waals surface area contributed by atoms with Crippen molar-refractivity contribution in [2.75, 3.05) is 13.1 Å². The number of hydrogen-bond donors (Lipinski definition) is 2. The van der Waals surface area contributed by atoms with Crippen molar-refractivity contribution in [2.24, 2.45) is 4.99 Å². The highest BCUT2D eigenvalue weighted by Gasteiger charge is 2.15. The van der Waals surface area contributed by atoms with E-state index in [9.17, 15) is 4.79 Å². The number of thiophene rings is 1. The van der Waals surface area contributed by atoms with Crippen LogP contribution in [0.5, 0.6) is 0 Å². The third kappa shape index (κ3) is 10.4. The Labute approximate surface area is 181 Å². The van der Waals surface area contributed by atoms with Crippen LogP contribution in [0.15, 0.2) is 45.3 Å². The number of halogens is 1. The quantitative estimate of drug-likeness (QED) is 0.246. The Morgan fingerprint density at radius 2 is 2.00 bits per heavy atom. The summed E-state index contributed by atoms with van der Waals surface area (Å²) in [5.74, 6) is 1.37. The molecule has 0 bridgehead atoms. The lowest BCUT2D eigenvalue weighted by Crippen LogP contribution is -2.39. The van der Waals surface area contributed by atoms with Crippen LogP contribution in [0.4, 0.5) is 0 Å². The molecule has 8 heteroatoms. The number of hydrogen-bond acceptors (Lipinski definition) is 5. The molecule has 0 radical (unpaired) electrons. The zero-order chi connectivity index (χ0) is 18.8. The van der Waals surface area contributed by atoms with Crippen molar-refractivity contribution in [1.82, 2.24) is 10.6 Å².